The molecule has 0 aliphatic carbocycles. The predicted octanol–water partition coefficient (Wildman–Crippen LogP) is 5.61. The lowest BCUT2D eigenvalue weighted by atomic mass is 10.0. The lowest BCUT2D eigenvalue weighted by Crippen LogP contribution is -2.08. The van der Waals surface area contributed by atoms with E-state index in [0.29, 0.717) is 11.1 Å². The Morgan fingerprint density at radius 2 is 1.86 bits per heavy atom. The molecule has 0 atom stereocenters. The van der Waals surface area contributed by atoms with Crippen LogP contribution in [0.25, 0.3) is 21.5 Å². The fourth-order valence-electron chi connectivity index (χ4n) is 2.90. The normalized spacial score (nSPS) is 11.1. The molecule has 9 heteroatoms. The van der Waals surface area contributed by atoms with Gasteiger partial charge in [0.25, 0.3) is 5.89 Å². The number of fused-ring (bicyclic) bond motifs is 1. The predicted molar refractivity (Wildman–Crippen MR) is 104 cm³/mol. The van der Waals surface area contributed by atoms with E-state index in [9.17, 15) is 23.5 Å². The summed E-state index contributed by atoms with van der Waals surface area (Å²) in [6, 6.07) is 8.74. The van der Waals surface area contributed by atoms with Gasteiger partial charge in [-0.25, -0.2) is 18.6 Å². The maximum atomic E-state index is 13.8. The van der Waals surface area contributed by atoms with E-state index >= 15 is 0 Å². The number of carboxylic acids is 1. The van der Waals surface area contributed by atoms with Crippen LogP contribution in [0.4, 0.5) is 8.78 Å². The minimum atomic E-state index is -1.32. The van der Waals surface area contributed by atoms with Crippen molar-refractivity contribution in [2.75, 3.05) is 0 Å². The molecule has 0 radical (unpaired) electrons. The first-order valence-electron chi connectivity index (χ1n) is 8.22. The van der Waals surface area contributed by atoms with Crippen LogP contribution in [0.15, 0.2) is 46.2 Å². The Hall–Kier alpha value is -3.10. The van der Waals surface area contributed by atoms with Gasteiger partial charge in [0.15, 0.2) is 5.58 Å². The number of carbonyl (C=O) groups is 2. The lowest BCUT2D eigenvalue weighted by Gasteiger charge is -2.05. The number of carboxylic acid groups (broad SMARTS) is 1. The van der Waals surface area contributed by atoms with Crippen LogP contribution in [0, 0.1) is 11.6 Å². The van der Waals surface area contributed by atoms with Crippen molar-refractivity contribution in [3.05, 3.63) is 75.5 Å². The van der Waals surface area contributed by atoms with E-state index in [1.165, 1.54) is 5.38 Å². The van der Waals surface area contributed by atoms with Gasteiger partial charge in [-0.15, -0.1) is 11.3 Å². The molecule has 2 heterocycles. The summed E-state index contributed by atoms with van der Waals surface area (Å²) in [6.07, 6.45) is -0.288. The molecule has 0 saturated heterocycles. The Morgan fingerprint density at radius 1 is 1.17 bits per heavy atom. The molecular weight excluding hydrogens is 424 g/mol. The van der Waals surface area contributed by atoms with E-state index in [-0.39, 0.29) is 33.9 Å². The number of Topliss-reactive ketones (excluding diaryl/α,β-unsaturated/α-hetero) is 1. The Balaban J connectivity index is 1.71. The largest absolute Gasteiger partial charge is 0.478 e. The van der Waals surface area contributed by atoms with Crippen molar-refractivity contribution in [1.29, 1.82) is 0 Å². The average Bonchev–Trinajstić information content (AvgIpc) is 3.29. The van der Waals surface area contributed by atoms with Crippen LogP contribution in [0.2, 0.25) is 5.02 Å². The van der Waals surface area contributed by atoms with Crippen molar-refractivity contribution < 1.29 is 27.9 Å². The van der Waals surface area contributed by atoms with Crippen LogP contribution >= 0.6 is 22.9 Å². The molecule has 0 fully saturated rings. The van der Waals surface area contributed by atoms with Gasteiger partial charge in [0.1, 0.15) is 22.2 Å². The first-order valence-corrected chi connectivity index (χ1v) is 9.48. The average molecular weight is 434 g/mol. The van der Waals surface area contributed by atoms with Gasteiger partial charge in [-0.1, -0.05) is 23.7 Å². The highest BCUT2D eigenvalue weighted by Gasteiger charge is 2.24. The van der Waals surface area contributed by atoms with Crippen molar-refractivity contribution in [3.8, 4) is 10.4 Å². The summed E-state index contributed by atoms with van der Waals surface area (Å²) in [6.45, 7) is 0. The zero-order chi connectivity index (χ0) is 20.7. The molecule has 5 nitrogen and oxygen atoms in total. The molecular formula is C20H10ClF2NO4S. The number of hydrogen-bond acceptors (Lipinski definition) is 5. The highest BCUT2D eigenvalue weighted by molar-refractivity contribution is 7.14. The molecule has 146 valence electrons. The third-order valence-electron chi connectivity index (χ3n) is 4.21. The first-order chi connectivity index (χ1) is 13.8. The minimum absolute atomic E-state index is 0.0207. The Morgan fingerprint density at radius 3 is 2.52 bits per heavy atom. The molecule has 0 aliphatic rings. The second-order valence-electron chi connectivity index (χ2n) is 6.11. The fourth-order valence-corrected chi connectivity index (χ4v) is 4.06. The summed E-state index contributed by atoms with van der Waals surface area (Å²) in [5.74, 6) is -3.98. The molecule has 0 amide bonds. The monoisotopic (exact) mass is 433 g/mol. The minimum Gasteiger partial charge on any atom is -0.478 e. The SMILES string of the molecule is O=C(Cc1csc(-c2cc(F)c(Cl)c(F)c2)c1C(=O)O)c1nc2ccccc2o1. The molecule has 0 spiro atoms. The lowest BCUT2D eigenvalue weighted by molar-refractivity contribution is 0.0697. The molecule has 0 saturated carbocycles. The molecule has 2 aromatic heterocycles. The van der Waals surface area contributed by atoms with Gasteiger partial charge in [0.2, 0.25) is 5.78 Å². The van der Waals surface area contributed by atoms with Gasteiger partial charge in [-0.3, -0.25) is 4.79 Å². The number of para-hydroxylation sites is 2. The number of thiophene rings is 1. The highest BCUT2D eigenvalue weighted by Crippen LogP contribution is 2.36. The maximum absolute atomic E-state index is 13.8. The first kappa shape index (κ1) is 19.2. The van der Waals surface area contributed by atoms with E-state index in [1.807, 2.05) is 0 Å². The van der Waals surface area contributed by atoms with Crippen molar-refractivity contribution in [1.82, 2.24) is 4.98 Å². The number of aromatic nitrogens is 1. The smallest absolute Gasteiger partial charge is 0.337 e. The second kappa shape index (κ2) is 7.38. The Labute approximate surface area is 171 Å². The molecule has 29 heavy (non-hydrogen) atoms. The zero-order valence-corrected chi connectivity index (χ0v) is 16.0. The number of oxazole rings is 1. The number of rotatable bonds is 5. The third kappa shape index (κ3) is 3.52. The maximum Gasteiger partial charge on any atom is 0.337 e. The summed E-state index contributed by atoms with van der Waals surface area (Å²) in [7, 11) is 0. The number of hydrogen-bond donors (Lipinski definition) is 1. The van der Waals surface area contributed by atoms with Gasteiger partial charge < -0.3 is 9.52 Å². The van der Waals surface area contributed by atoms with E-state index in [0.717, 1.165) is 23.5 Å². The zero-order valence-electron chi connectivity index (χ0n) is 14.4. The van der Waals surface area contributed by atoms with Crippen molar-refractivity contribution in [2.45, 2.75) is 6.42 Å². The van der Waals surface area contributed by atoms with Gasteiger partial charge in [0.05, 0.1) is 5.56 Å². The number of halogens is 3. The van der Waals surface area contributed by atoms with Crippen LogP contribution in [0.1, 0.15) is 26.6 Å². The van der Waals surface area contributed by atoms with E-state index < -0.39 is 28.4 Å². The Bertz CT molecular complexity index is 1220. The quantitative estimate of drug-likeness (QED) is 0.327. The fraction of sp³-hybridized carbons (Fsp3) is 0.0500. The number of carbonyl (C=O) groups excluding carboxylic acids is 1. The number of benzene rings is 2. The summed E-state index contributed by atoms with van der Waals surface area (Å²) in [5.41, 5.74) is 0.952. The van der Waals surface area contributed by atoms with E-state index in [2.05, 4.69) is 4.98 Å². The Kier molecular flexibility index (Phi) is 4.89. The van der Waals surface area contributed by atoms with Gasteiger partial charge in [-0.05, 0) is 40.8 Å². The summed E-state index contributed by atoms with van der Waals surface area (Å²) in [4.78, 5) is 28.6. The standard InChI is InChI=1S/C20H10ClF2NO4S/c21-17-11(22)5-9(6-12(17)23)18-16(20(26)27)10(8-29-18)7-14(25)19-24-13-3-1-2-4-15(13)28-19/h1-6,8H,7H2,(H,26,27). The molecule has 0 bridgehead atoms. The van der Waals surface area contributed by atoms with E-state index in [4.69, 9.17) is 16.0 Å². The van der Waals surface area contributed by atoms with Crippen molar-refractivity contribution in [2.24, 2.45) is 0 Å². The van der Waals surface area contributed by atoms with E-state index in [1.54, 1.807) is 24.3 Å². The molecule has 2 aromatic carbocycles. The van der Waals surface area contributed by atoms with Crippen molar-refractivity contribution in [3.63, 3.8) is 0 Å². The summed E-state index contributed by atoms with van der Waals surface area (Å²) >= 11 is 6.45. The van der Waals surface area contributed by atoms with Crippen molar-refractivity contribution >= 4 is 45.8 Å². The van der Waals surface area contributed by atoms with Crippen LogP contribution in [-0.4, -0.2) is 21.8 Å². The second-order valence-corrected chi connectivity index (χ2v) is 7.37. The van der Waals surface area contributed by atoms with Crippen LogP contribution < -0.4 is 0 Å². The van der Waals surface area contributed by atoms with Crippen LogP contribution in [0.5, 0.6) is 0 Å². The van der Waals surface area contributed by atoms with Gasteiger partial charge >= 0.3 is 5.97 Å². The van der Waals surface area contributed by atoms with Gasteiger partial charge in [0, 0.05) is 11.3 Å². The van der Waals surface area contributed by atoms with Crippen LogP contribution in [-0.2, 0) is 6.42 Å². The third-order valence-corrected chi connectivity index (χ3v) is 5.65. The molecule has 1 N–H and O–H groups in total. The molecule has 4 aromatic rings. The molecule has 0 aliphatic heterocycles. The summed E-state index contributed by atoms with van der Waals surface area (Å²) < 4.78 is 33.0. The van der Waals surface area contributed by atoms with Crippen LogP contribution in [0.3, 0.4) is 0 Å². The topological polar surface area (TPSA) is 80.4 Å². The molecule has 4 rings (SSSR count). The number of aromatic carboxylic acids is 1. The number of ketones is 1. The highest BCUT2D eigenvalue weighted by atomic mass is 35.5. The summed E-state index contributed by atoms with van der Waals surface area (Å²) in [5, 5.41) is 10.4. The van der Waals surface area contributed by atoms with Gasteiger partial charge in [-0.2, -0.15) is 0 Å². The number of nitrogens with zero attached hydrogens (tertiary/aromatic N) is 1. The molecule has 0 unspecified atom stereocenters.